The molecule has 0 bridgehead atoms. The molecule has 20 heavy (non-hydrogen) atoms. The fourth-order valence-corrected chi connectivity index (χ4v) is 2.59. The maximum Gasteiger partial charge on any atom is 0.0653 e. The van der Waals surface area contributed by atoms with Crippen LogP contribution in [0, 0.1) is 13.8 Å². The number of hydrogen-bond donors (Lipinski definition) is 1. The highest BCUT2D eigenvalue weighted by Gasteiger charge is 2.11. The number of anilines is 1. The van der Waals surface area contributed by atoms with Crippen LogP contribution in [0.15, 0.2) is 30.3 Å². The fraction of sp³-hybridized carbons (Fsp3) is 0.250. The van der Waals surface area contributed by atoms with E-state index in [1.807, 2.05) is 0 Å². The molecule has 2 rings (SSSR count). The minimum atomic E-state index is 0.129. The van der Waals surface area contributed by atoms with E-state index < -0.39 is 0 Å². The second-order valence-electron chi connectivity index (χ2n) is 4.96. The minimum Gasteiger partial charge on any atom is -0.377 e. The highest BCUT2D eigenvalue weighted by atomic mass is 35.5. The molecule has 0 aliphatic heterocycles. The second kappa shape index (κ2) is 6.26. The molecule has 0 fully saturated rings. The molecule has 0 saturated heterocycles. The first kappa shape index (κ1) is 15.5. The lowest BCUT2D eigenvalue weighted by Crippen LogP contribution is -2.07. The van der Waals surface area contributed by atoms with E-state index in [9.17, 15) is 0 Å². The number of halogens is 3. The van der Waals surface area contributed by atoms with Crippen LogP contribution < -0.4 is 5.32 Å². The van der Waals surface area contributed by atoms with E-state index in [0.717, 1.165) is 5.69 Å². The van der Waals surface area contributed by atoms with Crippen molar-refractivity contribution in [1.29, 1.82) is 0 Å². The number of hydrogen-bond acceptors (Lipinski definition) is 1. The Labute approximate surface area is 134 Å². The first-order valence-electron chi connectivity index (χ1n) is 6.36. The lowest BCUT2D eigenvalue weighted by Gasteiger charge is -2.18. The normalized spacial score (nSPS) is 12.3. The van der Waals surface area contributed by atoms with Gasteiger partial charge in [0.15, 0.2) is 0 Å². The molecule has 1 atom stereocenters. The summed E-state index contributed by atoms with van der Waals surface area (Å²) in [5.74, 6) is 0. The SMILES string of the molecule is Cc1ccc(C(C)Nc2cc(Cl)c(Cl)cc2Cl)cc1C. The van der Waals surface area contributed by atoms with Gasteiger partial charge in [-0.2, -0.15) is 0 Å². The van der Waals surface area contributed by atoms with Crippen LogP contribution >= 0.6 is 34.8 Å². The summed E-state index contributed by atoms with van der Waals surface area (Å²) in [5, 5.41) is 4.88. The fourth-order valence-electron chi connectivity index (χ4n) is 1.98. The predicted octanol–water partition coefficient (Wildman–Crippen LogP) is 6.44. The average Bonchev–Trinajstić information content (AvgIpc) is 2.39. The second-order valence-corrected chi connectivity index (χ2v) is 6.18. The van der Waals surface area contributed by atoms with Crippen LogP contribution in [0.2, 0.25) is 15.1 Å². The third kappa shape index (κ3) is 3.41. The van der Waals surface area contributed by atoms with Crippen LogP contribution in [0.1, 0.15) is 29.7 Å². The zero-order valence-corrected chi connectivity index (χ0v) is 13.9. The first-order valence-corrected chi connectivity index (χ1v) is 7.50. The van der Waals surface area contributed by atoms with Crippen LogP contribution in [-0.4, -0.2) is 0 Å². The van der Waals surface area contributed by atoms with Gasteiger partial charge >= 0.3 is 0 Å². The molecule has 0 saturated carbocycles. The van der Waals surface area contributed by atoms with Crippen LogP contribution in [0.5, 0.6) is 0 Å². The van der Waals surface area contributed by atoms with E-state index in [4.69, 9.17) is 34.8 Å². The zero-order valence-electron chi connectivity index (χ0n) is 11.6. The van der Waals surface area contributed by atoms with Crippen LogP contribution in [0.4, 0.5) is 5.69 Å². The van der Waals surface area contributed by atoms with Gasteiger partial charge in [-0.05, 0) is 49.6 Å². The van der Waals surface area contributed by atoms with Gasteiger partial charge in [0.05, 0.1) is 20.8 Å². The summed E-state index contributed by atoms with van der Waals surface area (Å²) in [5.41, 5.74) is 4.55. The van der Waals surface area contributed by atoms with E-state index in [0.29, 0.717) is 15.1 Å². The average molecular weight is 329 g/mol. The first-order chi connectivity index (χ1) is 9.38. The summed E-state index contributed by atoms with van der Waals surface area (Å²) in [6.07, 6.45) is 0. The monoisotopic (exact) mass is 327 g/mol. The lowest BCUT2D eigenvalue weighted by atomic mass is 10.0. The Bertz CT molecular complexity index is 638. The van der Waals surface area contributed by atoms with Crippen molar-refractivity contribution < 1.29 is 0 Å². The van der Waals surface area contributed by atoms with Gasteiger partial charge in [-0.1, -0.05) is 53.0 Å². The van der Waals surface area contributed by atoms with Gasteiger partial charge < -0.3 is 5.32 Å². The van der Waals surface area contributed by atoms with Crippen molar-refractivity contribution in [2.75, 3.05) is 5.32 Å². The molecule has 0 aliphatic carbocycles. The van der Waals surface area contributed by atoms with Crippen molar-refractivity contribution in [3.8, 4) is 0 Å². The van der Waals surface area contributed by atoms with Gasteiger partial charge in [-0.15, -0.1) is 0 Å². The number of aryl methyl sites for hydroxylation is 2. The van der Waals surface area contributed by atoms with Crippen molar-refractivity contribution in [2.45, 2.75) is 26.8 Å². The lowest BCUT2D eigenvalue weighted by molar-refractivity contribution is 0.882. The van der Waals surface area contributed by atoms with E-state index in [2.05, 4.69) is 44.3 Å². The van der Waals surface area contributed by atoms with Crippen LogP contribution in [-0.2, 0) is 0 Å². The van der Waals surface area contributed by atoms with Gasteiger partial charge in [0.1, 0.15) is 0 Å². The molecule has 0 heterocycles. The largest absolute Gasteiger partial charge is 0.377 e. The van der Waals surface area contributed by atoms with Gasteiger partial charge in [0.25, 0.3) is 0 Å². The Balaban J connectivity index is 2.25. The van der Waals surface area contributed by atoms with Gasteiger partial charge in [-0.25, -0.2) is 0 Å². The molecule has 2 aromatic rings. The zero-order chi connectivity index (χ0) is 14.9. The van der Waals surface area contributed by atoms with Crippen LogP contribution in [0.25, 0.3) is 0 Å². The quantitative estimate of drug-likeness (QED) is 0.639. The van der Waals surface area contributed by atoms with Crippen LogP contribution in [0.3, 0.4) is 0 Å². The molecule has 0 aliphatic rings. The van der Waals surface area contributed by atoms with Crippen molar-refractivity contribution >= 4 is 40.5 Å². The molecule has 1 nitrogen and oxygen atoms in total. The molecule has 0 spiro atoms. The van der Waals surface area contributed by atoms with Crippen molar-refractivity contribution in [3.05, 3.63) is 62.1 Å². The maximum atomic E-state index is 6.18. The summed E-state index contributed by atoms with van der Waals surface area (Å²) in [6, 6.07) is 9.96. The summed E-state index contributed by atoms with van der Waals surface area (Å²) < 4.78 is 0. The molecule has 4 heteroatoms. The maximum absolute atomic E-state index is 6.18. The molecule has 0 radical (unpaired) electrons. The minimum absolute atomic E-state index is 0.129. The van der Waals surface area contributed by atoms with E-state index in [1.54, 1.807) is 12.1 Å². The highest BCUT2D eigenvalue weighted by molar-refractivity contribution is 6.44. The summed E-state index contributed by atoms with van der Waals surface area (Å²) in [7, 11) is 0. The van der Waals surface area contributed by atoms with E-state index in [1.165, 1.54) is 16.7 Å². The van der Waals surface area contributed by atoms with E-state index in [-0.39, 0.29) is 6.04 Å². The summed E-state index contributed by atoms with van der Waals surface area (Å²) in [6.45, 7) is 6.30. The molecule has 1 N–H and O–H groups in total. The summed E-state index contributed by atoms with van der Waals surface area (Å²) in [4.78, 5) is 0. The van der Waals surface area contributed by atoms with Gasteiger partial charge in [-0.3, -0.25) is 0 Å². The van der Waals surface area contributed by atoms with Crippen molar-refractivity contribution in [3.63, 3.8) is 0 Å². The van der Waals surface area contributed by atoms with Crippen molar-refractivity contribution in [1.82, 2.24) is 0 Å². The Kier molecular flexibility index (Phi) is 4.85. The van der Waals surface area contributed by atoms with Crippen molar-refractivity contribution in [2.24, 2.45) is 0 Å². The molecule has 0 amide bonds. The highest BCUT2D eigenvalue weighted by Crippen LogP contribution is 2.34. The third-order valence-electron chi connectivity index (χ3n) is 3.41. The van der Waals surface area contributed by atoms with Gasteiger partial charge in [0, 0.05) is 6.04 Å². The van der Waals surface area contributed by atoms with Gasteiger partial charge in [0.2, 0.25) is 0 Å². The third-order valence-corrected chi connectivity index (χ3v) is 4.45. The molecule has 1 unspecified atom stereocenters. The Morgan fingerprint density at radius 3 is 2.15 bits per heavy atom. The Morgan fingerprint density at radius 2 is 1.50 bits per heavy atom. The molecular weight excluding hydrogens is 313 g/mol. The number of nitrogens with one attached hydrogen (secondary N) is 1. The standard InChI is InChI=1S/C16H16Cl3N/c1-9-4-5-12(6-10(9)2)11(3)20-16-8-14(18)13(17)7-15(16)19/h4-8,11,20H,1-3H3. The molecular formula is C16H16Cl3N. The summed E-state index contributed by atoms with van der Waals surface area (Å²) >= 11 is 18.1. The molecule has 106 valence electrons. The predicted molar refractivity (Wildman–Crippen MR) is 89.4 cm³/mol. The Hall–Kier alpha value is -0.890. The van der Waals surface area contributed by atoms with E-state index >= 15 is 0 Å². The number of rotatable bonds is 3. The molecule has 0 aromatic heterocycles. The Morgan fingerprint density at radius 1 is 0.850 bits per heavy atom. The smallest absolute Gasteiger partial charge is 0.0653 e. The molecule has 2 aromatic carbocycles. The number of benzene rings is 2. The topological polar surface area (TPSA) is 12.0 Å².